The molecule has 0 atom stereocenters. The Hall–Kier alpha value is -8.00. The molecule has 65 heavy (non-hydrogen) atoms. The third-order valence-corrected chi connectivity index (χ3v) is 14.7. The molecule has 0 unspecified atom stereocenters. The fourth-order valence-corrected chi connectivity index (χ4v) is 11.8. The minimum atomic E-state index is -0.511. The molecule has 0 amide bonds. The summed E-state index contributed by atoms with van der Waals surface area (Å²) in [5.41, 5.74) is 26.1. The Morgan fingerprint density at radius 1 is 0.262 bits per heavy atom. The van der Waals surface area contributed by atoms with Gasteiger partial charge in [0.05, 0.1) is 5.41 Å². The highest BCUT2D eigenvalue weighted by molar-refractivity contribution is 6.01. The van der Waals surface area contributed by atoms with E-state index in [1.165, 1.54) is 100 Å². The van der Waals surface area contributed by atoms with Crippen LogP contribution in [0.4, 0.5) is 17.1 Å². The molecule has 0 heterocycles. The number of anilines is 3. The second kappa shape index (κ2) is 14.3. The Bertz CT molecular complexity index is 3440. The first kappa shape index (κ1) is 37.5. The van der Waals surface area contributed by atoms with E-state index in [-0.39, 0.29) is 5.41 Å². The highest BCUT2D eigenvalue weighted by atomic mass is 15.1. The van der Waals surface area contributed by atoms with Gasteiger partial charge < -0.3 is 4.90 Å². The Morgan fingerprint density at radius 2 is 0.677 bits per heavy atom. The van der Waals surface area contributed by atoms with E-state index in [2.05, 4.69) is 255 Å². The fourth-order valence-electron chi connectivity index (χ4n) is 11.8. The molecule has 0 aliphatic heterocycles. The minimum Gasteiger partial charge on any atom is -0.310 e. The molecule has 10 aromatic carbocycles. The summed E-state index contributed by atoms with van der Waals surface area (Å²) in [7, 11) is 0. The number of fused-ring (bicyclic) bond motifs is 15. The van der Waals surface area contributed by atoms with E-state index in [9.17, 15) is 0 Å². The van der Waals surface area contributed by atoms with Gasteiger partial charge in [-0.25, -0.2) is 0 Å². The SMILES string of the molecule is CC1(C)c2cc(-c3cccc4c3-c3ccccc3C43c4ccccc4-c4ccccc4-c4ccccc43)ccc2-c2ccc(N(c3ccccc3)c3ccc(-c4ccccc4)cc3)cc21. The fraction of sp³-hybridized carbons (Fsp3) is 0.0625. The van der Waals surface area contributed by atoms with Crippen molar-refractivity contribution in [3.63, 3.8) is 0 Å². The second-order valence-corrected chi connectivity index (χ2v) is 18.4. The Kier molecular flexibility index (Phi) is 8.24. The molecule has 13 rings (SSSR count). The van der Waals surface area contributed by atoms with Crippen LogP contribution in [0.2, 0.25) is 0 Å². The molecule has 0 saturated heterocycles. The summed E-state index contributed by atoms with van der Waals surface area (Å²) >= 11 is 0. The zero-order valence-electron chi connectivity index (χ0n) is 36.5. The molecule has 1 nitrogen and oxygen atoms in total. The van der Waals surface area contributed by atoms with Crippen LogP contribution in [0.25, 0.3) is 66.8 Å². The molecule has 3 aliphatic rings. The van der Waals surface area contributed by atoms with Crippen molar-refractivity contribution in [2.45, 2.75) is 24.7 Å². The minimum absolute atomic E-state index is 0.238. The van der Waals surface area contributed by atoms with Crippen LogP contribution >= 0.6 is 0 Å². The molecule has 1 heteroatoms. The molecule has 10 aromatic rings. The Morgan fingerprint density at radius 3 is 1.32 bits per heavy atom. The molecule has 3 aliphatic carbocycles. The molecule has 0 radical (unpaired) electrons. The first-order valence-corrected chi connectivity index (χ1v) is 22.8. The zero-order valence-corrected chi connectivity index (χ0v) is 36.5. The van der Waals surface area contributed by atoms with Gasteiger partial charge in [0.1, 0.15) is 0 Å². The lowest BCUT2D eigenvalue weighted by molar-refractivity contribution is 0.660. The van der Waals surface area contributed by atoms with Gasteiger partial charge in [-0.3, -0.25) is 0 Å². The maximum Gasteiger partial charge on any atom is 0.0725 e. The molecule has 0 bridgehead atoms. The number of hydrogen-bond donors (Lipinski definition) is 0. The van der Waals surface area contributed by atoms with E-state index in [4.69, 9.17) is 0 Å². The molecule has 306 valence electrons. The molecule has 0 saturated carbocycles. The number of para-hydroxylation sites is 1. The Balaban J connectivity index is 0.955. The average molecular weight is 828 g/mol. The average Bonchev–Trinajstić information content (AvgIpc) is 3.75. The lowest BCUT2D eigenvalue weighted by atomic mass is 9.66. The first-order chi connectivity index (χ1) is 32.0. The quantitative estimate of drug-likeness (QED) is 0.167. The van der Waals surface area contributed by atoms with Gasteiger partial charge in [0.2, 0.25) is 0 Å². The van der Waals surface area contributed by atoms with Gasteiger partial charge in [0, 0.05) is 22.5 Å². The number of hydrogen-bond acceptors (Lipinski definition) is 1. The monoisotopic (exact) mass is 827 g/mol. The van der Waals surface area contributed by atoms with Crippen molar-refractivity contribution in [1.82, 2.24) is 0 Å². The first-order valence-electron chi connectivity index (χ1n) is 22.8. The van der Waals surface area contributed by atoms with Crippen LogP contribution in [0.3, 0.4) is 0 Å². The van der Waals surface area contributed by atoms with Gasteiger partial charge in [-0.15, -0.1) is 0 Å². The molecular weight excluding hydrogens is 783 g/mol. The van der Waals surface area contributed by atoms with Crippen LogP contribution in [0.15, 0.2) is 237 Å². The van der Waals surface area contributed by atoms with E-state index in [0.29, 0.717) is 0 Å². The predicted molar refractivity (Wildman–Crippen MR) is 271 cm³/mol. The predicted octanol–water partition coefficient (Wildman–Crippen LogP) is 16.8. The van der Waals surface area contributed by atoms with Crippen LogP contribution in [0.5, 0.6) is 0 Å². The second-order valence-electron chi connectivity index (χ2n) is 18.4. The molecular formula is C64H45N. The van der Waals surface area contributed by atoms with Crippen molar-refractivity contribution in [2.75, 3.05) is 4.90 Å². The smallest absolute Gasteiger partial charge is 0.0725 e. The molecule has 0 aromatic heterocycles. The van der Waals surface area contributed by atoms with Gasteiger partial charge in [-0.2, -0.15) is 0 Å². The maximum absolute atomic E-state index is 2.50. The van der Waals surface area contributed by atoms with Crippen molar-refractivity contribution in [3.05, 3.63) is 270 Å². The van der Waals surface area contributed by atoms with Crippen LogP contribution < -0.4 is 4.90 Å². The van der Waals surface area contributed by atoms with Crippen LogP contribution in [-0.4, -0.2) is 0 Å². The molecule has 1 spiro atoms. The third-order valence-electron chi connectivity index (χ3n) is 14.7. The highest BCUT2D eigenvalue weighted by Gasteiger charge is 2.50. The zero-order chi connectivity index (χ0) is 43.3. The van der Waals surface area contributed by atoms with E-state index < -0.39 is 5.41 Å². The molecule has 0 fully saturated rings. The van der Waals surface area contributed by atoms with Crippen molar-refractivity contribution in [2.24, 2.45) is 0 Å². The van der Waals surface area contributed by atoms with Gasteiger partial charge in [0.15, 0.2) is 0 Å². The number of nitrogens with zero attached hydrogens (tertiary/aromatic N) is 1. The summed E-state index contributed by atoms with van der Waals surface area (Å²) in [6, 6.07) is 88.2. The van der Waals surface area contributed by atoms with Gasteiger partial charge >= 0.3 is 0 Å². The lowest BCUT2D eigenvalue weighted by Gasteiger charge is -2.35. The van der Waals surface area contributed by atoms with E-state index in [0.717, 1.165) is 17.1 Å². The largest absolute Gasteiger partial charge is 0.310 e. The molecule has 0 N–H and O–H groups in total. The van der Waals surface area contributed by atoms with Crippen molar-refractivity contribution in [1.29, 1.82) is 0 Å². The van der Waals surface area contributed by atoms with Gasteiger partial charge in [0.25, 0.3) is 0 Å². The van der Waals surface area contributed by atoms with Crippen molar-refractivity contribution in [3.8, 4) is 66.8 Å². The van der Waals surface area contributed by atoms with Crippen molar-refractivity contribution >= 4 is 17.1 Å². The van der Waals surface area contributed by atoms with E-state index in [1.807, 2.05) is 0 Å². The summed E-state index contributed by atoms with van der Waals surface area (Å²) in [5, 5.41) is 0. The van der Waals surface area contributed by atoms with E-state index >= 15 is 0 Å². The summed E-state index contributed by atoms with van der Waals surface area (Å²) in [5.74, 6) is 0. The summed E-state index contributed by atoms with van der Waals surface area (Å²) < 4.78 is 0. The summed E-state index contributed by atoms with van der Waals surface area (Å²) in [6.07, 6.45) is 0. The Labute approximate surface area is 381 Å². The number of benzene rings is 10. The number of rotatable bonds is 5. The van der Waals surface area contributed by atoms with Crippen molar-refractivity contribution < 1.29 is 0 Å². The van der Waals surface area contributed by atoms with Gasteiger partial charge in [-0.05, 0) is 143 Å². The normalized spacial score (nSPS) is 13.9. The van der Waals surface area contributed by atoms with Crippen LogP contribution in [-0.2, 0) is 10.8 Å². The topological polar surface area (TPSA) is 3.24 Å². The maximum atomic E-state index is 2.50. The highest BCUT2D eigenvalue weighted by Crippen LogP contribution is 2.63. The third kappa shape index (κ3) is 5.39. The van der Waals surface area contributed by atoms with Crippen LogP contribution in [0.1, 0.15) is 47.2 Å². The lowest BCUT2D eigenvalue weighted by Crippen LogP contribution is -2.29. The van der Waals surface area contributed by atoms with Crippen LogP contribution in [0, 0.1) is 0 Å². The summed E-state index contributed by atoms with van der Waals surface area (Å²) in [4.78, 5) is 2.39. The van der Waals surface area contributed by atoms with E-state index in [1.54, 1.807) is 0 Å². The standard InChI is InChI=1S/C64H45N/c1-63(2)60-40-44(34-38-53(60)54-39-37-47(41-61(54)63)65(45-20-7-4-8-21-45)46-35-32-43(33-36-46)42-18-5-3-6-19-42)48-27-17-31-59-62(48)55-26-13-16-30-58(55)64(59)56-28-14-11-24-51(56)49-22-9-10-23-50(49)52-25-12-15-29-57(52)64/h3-41H,1-2H3. The summed E-state index contributed by atoms with van der Waals surface area (Å²) in [6.45, 7) is 4.81. The van der Waals surface area contributed by atoms with Gasteiger partial charge in [-0.1, -0.05) is 208 Å².